The van der Waals surface area contributed by atoms with Crippen molar-refractivity contribution in [3.8, 4) is 0 Å². The number of nitrogens with one attached hydrogen (secondary N) is 1. The van der Waals surface area contributed by atoms with Crippen LogP contribution in [0.15, 0.2) is 36.4 Å². The van der Waals surface area contributed by atoms with Crippen LogP contribution in [-0.2, 0) is 27.9 Å². The molecule has 1 unspecified atom stereocenters. The second kappa shape index (κ2) is 10.0. The van der Waals surface area contributed by atoms with Gasteiger partial charge in [-0.1, -0.05) is 29.3 Å². The molecule has 0 aromatic heterocycles. The molecule has 34 heavy (non-hydrogen) atoms. The van der Waals surface area contributed by atoms with Gasteiger partial charge in [0.15, 0.2) is 0 Å². The van der Waals surface area contributed by atoms with Crippen molar-refractivity contribution in [3.05, 3.63) is 63.1 Å². The number of benzene rings is 2. The van der Waals surface area contributed by atoms with E-state index in [1.807, 2.05) is 0 Å². The second-order valence-corrected chi connectivity index (χ2v) is 9.24. The van der Waals surface area contributed by atoms with Crippen LogP contribution in [0, 0.1) is 0 Å². The first-order chi connectivity index (χ1) is 15.8. The summed E-state index contributed by atoms with van der Waals surface area (Å²) in [5.74, 6) is -0.356. The smallest absolute Gasteiger partial charge is 0.351 e. The lowest BCUT2D eigenvalue weighted by Crippen LogP contribution is -2.46. The van der Waals surface area contributed by atoms with Gasteiger partial charge in [0.05, 0.1) is 17.9 Å². The van der Waals surface area contributed by atoms with E-state index >= 15 is 0 Å². The van der Waals surface area contributed by atoms with Gasteiger partial charge in [-0.05, 0) is 47.7 Å². The molecule has 1 heterocycles. The van der Waals surface area contributed by atoms with Gasteiger partial charge in [0.2, 0.25) is 11.5 Å². The minimum atomic E-state index is -4.91. The van der Waals surface area contributed by atoms with E-state index in [0.29, 0.717) is 0 Å². The van der Waals surface area contributed by atoms with E-state index < -0.39 is 42.7 Å². The van der Waals surface area contributed by atoms with Crippen LogP contribution >= 0.6 is 35.0 Å². The third-order valence-electron chi connectivity index (χ3n) is 5.18. The van der Waals surface area contributed by atoms with E-state index in [9.17, 15) is 31.1 Å². The van der Waals surface area contributed by atoms with E-state index in [0.717, 1.165) is 29.2 Å². The van der Waals surface area contributed by atoms with Crippen LogP contribution < -0.4 is 10.2 Å². The Bertz CT molecular complexity index is 1050. The lowest BCUT2D eigenvalue weighted by Gasteiger charge is -2.31. The molecule has 0 aliphatic carbocycles. The number of amides is 1. The van der Waals surface area contributed by atoms with Gasteiger partial charge in [-0.15, -0.1) is 0 Å². The Hall–Kier alpha value is -1.82. The van der Waals surface area contributed by atoms with E-state index in [-0.39, 0.29) is 39.2 Å². The van der Waals surface area contributed by atoms with Crippen molar-refractivity contribution in [2.24, 2.45) is 0 Å². The molecule has 1 atom stereocenters. The highest BCUT2D eigenvalue weighted by Crippen LogP contribution is 2.48. The Morgan fingerprint density at radius 3 is 2.32 bits per heavy atom. The fraction of sp³-hybridized carbons (Fsp3) is 0.381. The molecule has 1 amide bonds. The highest BCUT2D eigenvalue weighted by Gasteiger charge is 2.61. The largest absolute Gasteiger partial charge is 0.423 e. The number of rotatable bonds is 6. The first kappa shape index (κ1) is 26.8. The normalized spacial score (nSPS) is 18.9. The monoisotopic (exact) mass is 546 g/mol. The molecule has 1 aliphatic rings. The van der Waals surface area contributed by atoms with Gasteiger partial charge < -0.3 is 15.0 Å². The average Bonchev–Trinajstić information content (AvgIpc) is 3.18. The lowest BCUT2D eigenvalue weighted by atomic mass is 9.92. The molecule has 13 heteroatoms. The zero-order chi connectivity index (χ0) is 25.3. The zero-order valence-corrected chi connectivity index (χ0v) is 19.8. The van der Waals surface area contributed by atoms with E-state index in [2.05, 4.69) is 5.32 Å². The van der Waals surface area contributed by atoms with E-state index in [1.165, 1.54) is 23.9 Å². The van der Waals surface area contributed by atoms with E-state index in [1.54, 1.807) is 6.26 Å². The molecule has 1 fully saturated rings. The highest BCUT2D eigenvalue weighted by molar-refractivity contribution is 7.99. The number of halogens is 8. The average molecular weight is 547 g/mol. The molecular formula is C21H18Cl2F6N2O2S. The zero-order valence-electron chi connectivity index (χ0n) is 17.5. The number of hydrogen-bond donors (Lipinski definition) is 1. The predicted octanol–water partition coefficient (Wildman–Crippen LogP) is 6.24. The van der Waals surface area contributed by atoms with Crippen LogP contribution in [0.1, 0.15) is 16.7 Å². The Morgan fingerprint density at radius 1 is 1.12 bits per heavy atom. The molecule has 2 aromatic carbocycles. The summed E-state index contributed by atoms with van der Waals surface area (Å²) in [6.07, 6.45) is -8.03. The Kier molecular flexibility index (Phi) is 7.91. The maximum atomic E-state index is 14.2. The number of ether oxygens (including phenoxy) is 1. The molecule has 0 saturated carbocycles. The summed E-state index contributed by atoms with van der Waals surface area (Å²) in [6.45, 7) is -1.81. The molecule has 1 saturated heterocycles. The summed E-state index contributed by atoms with van der Waals surface area (Å²) in [7, 11) is 0. The molecule has 2 aromatic rings. The molecule has 0 bridgehead atoms. The molecule has 3 rings (SSSR count). The van der Waals surface area contributed by atoms with Gasteiger partial charge in [-0.2, -0.15) is 38.1 Å². The number of carbonyl (C=O) groups excluding carboxylic acids is 1. The van der Waals surface area contributed by atoms with Crippen molar-refractivity contribution in [2.45, 2.75) is 24.5 Å². The molecule has 4 nitrogen and oxygen atoms in total. The number of hydrogen-bond acceptors (Lipinski definition) is 4. The molecule has 1 aliphatic heterocycles. The van der Waals surface area contributed by atoms with Crippen LogP contribution in [0.4, 0.5) is 32.0 Å². The number of anilines is 1. The number of thioether (sulfide) groups is 1. The van der Waals surface area contributed by atoms with Gasteiger partial charge in [-0.3, -0.25) is 4.79 Å². The summed E-state index contributed by atoms with van der Waals surface area (Å²) in [5.41, 5.74) is -4.60. The van der Waals surface area contributed by atoms with Crippen molar-refractivity contribution in [1.82, 2.24) is 5.32 Å². The van der Waals surface area contributed by atoms with Crippen molar-refractivity contribution in [2.75, 3.05) is 30.2 Å². The van der Waals surface area contributed by atoms with Crippen molar-refractivity contribution >= 4 is 46.6 Å². The molecule has 186 valence electrons. The molecule has 0 radical (unpaired) electrons. The van der Waals surface area contributed by atoms with Gasteiger partial charge >= 0.3 is 12.4 Å². The summed E-state index contributed by atoms with van der Waals surface area (Å²) in [4.78, 5) is 12.7. The highest BCUT2D eigenvalue weighted by atomic mass is 35.5. The maximum Gasteiger partial charge on any atom is 0.423 e. The van der Waals surface area contributed by atoms with Crippen LogP contribution in [0.5, 0.6) is 0 Å². The fourth-order valence-electron chi connectivity index (χ4n) is 3.57. The third-order valence-corrected chi connectivity index (χ3v) is 6.17. The van der Waals surface area contributed by atoms with Crippen LogP contribution in [0.2, 0.25) is 10.0 Å². The van der Waals surface area contributed by atoms with Gasteiger partial charge in [0, 0.05) is 22.3 Å². The first-order valence-electron chi connectivity index (χ1n) is 9.65. The van der Waals surface area contributed by atoms with Crippen molar-refractivity contribution in [3.63, 3.8) is 0 Å². The fourth-order valence-corrected chi connectivity index (χ4v) is 4.46. The van der Waals surface area contributed by atoms with Gasteiger partial charge in [-0.25, -0.2) is 0 Å². The van der Waals surface area contributed by atoms with E-state index in [4.69, 9.17) is 27.9 Å². The molecule has 1 N–H and O–H groups in total. The van der Waals surface area contributed by atoms with Crippen LogP contribution in [0.3, 0.4) is 0 Å². The van der Waals surface area contributed by atoms with Crippen molar-refractivity contribution in [1.29, 1.82) is 0 Å². The standard InChI is InChI=1S/C21H18Cl2F6N2O2S/c1-34-9-18(32)30-8-12-2-3-16(7-17(12)20(24,25)26)31-10-19(33-11-31,21(27,28)29)13-4-14(22)6-15(23)5-13/h2-7H,8-11H2,1H3,(H,30,32). The minimum Gasteiger partial charge on any atom is -0.351 e. The van der Waals surface area contributed by atoms with Gasteiger partial charge in [0.25, 0.3) is 0 Å². The van der Waals surface area contributed by atoms with Crippen LogP contribution in [0.25, 0.3) is 0 Å². The molecular weight excluding hydrogens is 529 g/mol. The molecule has 0 spiro atoms. The summed E-state index contributed by atoms with van der Waals surface area (Å²) in [5, 5.41) is 2.31. The third kappa shape index (κ3) is 5.69. The quantitative estimate of drug-likeness (QED) is 0.435. The second-order valence-electron chi connectivity index (χ2n) is 7.50. The topological polar surface area (TPSA) is 41.6 Å². The number of nitrogens with zero attached hydrogens (tertiary/aromatic N) is 1. The first-order valence-corrected chi connectivity index (χ1v) is 11.8. The summed E-state index contributed by atoms with van der Waals surface area (Å²) in [6, 6.07) is 6.51. The number of carbonyl (C=O) groups is 1. The Labute approximate surface area is 205 Å². The summed E-state index contributed by atoms with van der Waals surface area (Å²) < 4.78 is 88.8. The van der Waals surface area contributed by atoms with Crippen LogP contribution in [-0.4, -0.2) is 37.4 Å². The minimum absolute atomic E-state index is 0.0413. The lowest BCUT2D eigenvalue weighted by molar-refractivity contribution is -0.264. The Balaban J connectivity index is 1.95. The van der Waals surface area contributed by atoms with Crippen molar-refractivity contribution < 1.29 is 35.9 Å². The summed E-state index contributed by atoms with van der Waals surface area (Å²) >= 11 is 13.0. The Morgan fingerprint density at radius 2 is 1.76 bits per heavy atom. The number of alkyl halides is 6. The predicted molar refractivity (Wildman–Crippen MR) is 119 cm³/mol. The van der Waals surface area contributed by atoms with Gasteiger partial charge in [0.1, 0.15) is 6.73 Å². The SMILES string of the molecule is CSCC(=O)NCc1ccc(N2COC(c3cc(Cl)cc(Cl)c3)(C(F)(F)F)C2)cc1C(F)(F)F. The maximum absolute atomic E-state index is 14.2.